The minimum absolute atomic E-state index is 0. The zero-order valence-corrected chi connectivity index (χ0v) is 12.8. The van der Waals surface area contributed by atoms with Gasteiger partial charge in [-0.05, 0) is 37.9 Å². The molecule has 102 valence electrons. The van der Waals surface area contributed by atoms with Gasteiger partial charge in [0, 0.05) is 29.2 Å². The van der Waals surface area contributed by atoms with Crippen molar-refractivity contribution in [1.29, 1.82) is 0 Å². The first-order chi connectivity index (χ1) is 8.11. The Morgan fingerprint density at radius 2 is 2.17 bits per heavy atom. The van der Waals surface area contributed by atoms with Crippen molar-refractivity contribution < 1.29 is 4.39 Å². The maximum Gasteiger partial charge on any atom is 0.128 e. The van der Waals surface area contributed by atoms with E-state index < -0.39 is 0 Å². The molecule has 1 aromatic rings. The van der Waals surface area contributed by atoms with E-state index in [1.807, 2.05) is 19.2 Å². The van der Waals surface area contributed by atoms with E-state index >= 15 is 0 Å². The molecule has 1 atom stereocenters. The molecule has 1 fully saturated rings. The quantitative estimate of drug-likeness (QED) is 0.894. The maximum atomic E-state index is 13.7. The molecule has 0 aromatic heterocycles. The molecule has 2 rings (SSSR count). The third kappa shape index (κ3) is 3.92. The van der Waals surface area contributed by atoms with Gasteiger partial charge in [-0.1, -0.05) is 22.0 Å². The average Bonchev–Trinajstić information content (AvgIpc) is 3.08. The number of rotatable bonds is 5. The monoisotopic (exact) mass is 336 g/mol. The summed E-state index contributed by atoms with van der Waals surface area (Å²) in [5, 5.41) is 0. The molecular formula is C13H19BrClFN2. The summed E-state index contributed by atoms with van der Waals surface area (Å²) < 4.78 is 14.5. The predicted octanol–water partition coefficient (Wildman–Crippen LogP) is 3.18. The number of halogens is 3. The molecule has 2 N–H and O–H groups in total. The van der Waals surface area contributed by atoms with Gasteiger partial charge in [0.2, 0.25) is 0 Å². The Hall–Kier alpha value is -0.160. The normalized spacial score (nSPS) is 16.5. The zero-order valence-electron chi connectivity index (χ0n) is 10.4. The van der Waals surface area contributed by atoms with Crippen LogP contribution in [0.1, 0.15) is 18.4 Å². The van der Waals surface area contributed by atoms with Crippen LogP contribution in [-0.2, 0) is 6.54 Å². The first-order valence-electron chi connectivity index (χ1n) is 5.96. The fourth-order valence-electron chi connectivity index (χ4n) is 2.25. The molecular weight excluding hydrogens is 319 g/mol. The lowest BCUT2D eigenvalue weighted by molar-refractivity contribution is 0.213. The highest BCUT2D eigenvalue weighted by Gasteiger charge is 2.32. The average molecular weight is 338 g/mol. The fourth-order valence-corrected chi connectivity index (χ4v) is 2.58. The van der Waals surface area contributed by atoms with Gasteiger partial charge in [-0.25, -0.2) is 4.39 Å². The first-order valence-corrected chi connectivity index (χ1v) is 6.75. The van der Waals surface area contributed by atoms with Crippen molar-refractivity contribution in [3.8, 4) is 0 Å². The SMILES string of the molecule is CN(Cc1ccc(Br)cc1F)C(CN)C1CC1.Cl. The smallest absolute Gasteiger partial charge is 0.128 e. The summed E-state index contributed by atoms with van der Waals surface area (Å²) >= 11 is 3.26. The third-order valence-corrected chi connectivity index (χ3v) is 3.90. The first kappa shape index (κ1) is 15.9. The Morgan fingerprint density at radius 1 is 1.50 bits per heavy atom. The molecule has 1 aliphatic rings. The molecule has 1 aliphatic carbocycles. The fraction of sp³-hybridized carbons (Fsp3) is 0.538. The van der Waals surface area contributed by atoms with E-state index in [0.29, 0.717) is 25.0 Å². The van der Waals surface area contributed by atoms with Crippen molar-refractivity contribution in [2.75, 3.05) is 13.6 Å². The van der Waals surface area contributed by atoms with Crippen LogP contribution in [-0.4, -0.2) is 24.5 Å². The van der Waals surface area contributed by atoms with Gasteiger partial charge in [0.1, 0.15) is 5.82 Å². The standard InChI is InChI=1S/C13H18BrFN2.ClH/c1-17(13(7-16)9-2-3-9)8-10-4-5-11(14)6-12(10)15;/h4-6,9,13H,2-3,7-8,16H2,1H3;1H. The second-order valence-corrected chi connectivity index (χ2v) is 5.71. The van der Waals surface area contributed by atoms with Crippen LogP contribution < -0.4 is 5.73 Å². The number of hydrogen-bond acceptors (Lipinski definition) is 2. The summed E-state index contributed by atoms with van der Waals surface area (Å²) in [4.78, 5) is 2.17. The second-order valence-electron chi connectivity index (χ2n) is 4.79. The lowest BCUT2D eigenvalue weighted by Gasteiger charge is -2.27. The minimum atomic E-state index is -0.155. The Kier molecular flexibility index (Phi) is 6.05. The Morgan fingerprint density at radius 3 is 2.67 bits per heavy atom. The third-order valence-electron chi connectivity index (χ3n) is 3.41. The maximum absolute atomic E-state index is 13.7. The van der Waals surface area contributed by atoms with Gasteiger partial charge >= 0.3 is 0 Å². The Labute approximate surface area is 122 Å². The molecule has 0 radical (unpaired) electrons. The van der Waals surface area contributed by atoms with Crippen LogP contribution in [0.4, 0.5) is 4.39 Å². The molecule has 5 heteroatoms. The van der Waals surface area contributed by atoms with Gasteiger partial charge in [-0.2, -0.15) is 0 Å². The molecule has 0 saturated heterocycles. The highest BCUT2D eigenvalue weighted by atomic mass is 79.9. The van der Waals surface area contributed by atoms with Crippen LogP contribution in [0.15, 0.2) is 22.7 Å². The predicted molar refractivity (Wildman–Crippen MR) is 78.4 cm³/mol. The van der Waals surface area contributed by atoms with Crippen LogP contribution in [0.3, 0.4) is 0 Å². The zero-order chi connectivity index (χ0) is 12.4. The van der Waals surface area contributed by atoms with Gasteiger partial charge in [0.15, 0.2) is 0 Å². The van der Waals surface area contributed by atoms with Gasteiger partial charge in [0.05, 0.1) is 0 Å². The highest BCUT2D eigenvalue weighted by Crippen LogP contribution is 2.35. The van der Waals surface area contributed by atoms with Crippen molar-refractivity contribution in [1.82, 2.24) is 4.90 Å². The number of benzene rings is 1. The van der Waals surface area contributed by atoms with Crippen LogP contribution in [0.5, 0.6) is 0 Å². The van der Waals surface area contributed by atoms with Crippen LogP contribution >= 0.6 is 28.3 Å². The molecule has 0 spiro atoms. The topological polar surface area (TPSA) is 29.3 Å². The number of hydrogen-bond donors (Lipinski definition) is 1. The Bertz CT molecular complexity index is 399. The molecule has 0 heterocycles. The lowest BCUT2D eigenvalue weighted by Crippen LogP contribution is -2.39. The van der Waals surface area contributed by atoms with Crippen molar-refractivity contribution in [2.45, 2.75) is 25.4 Å². The summed E-state index contributed by atoms with van der Waals surface area (Å²) in [7, 11) is 2.03. The Balaban J connectivity index is 0.00000162. The second kappa shape index (κ2) is 6.85. The van der Waals surface area contributed by atoms with Gasteiger partial charge in [0.25, 0.3) is 0 Å². The molecule has 2 nitrogen and oxygen atoms in total. The highest BCUT2D eigenvalue weighted by molar-refractivity contribution is 9.10. The molecule has 0 bridgehead atoms. The summed E-state index contributed by atoms with van der Waals surface area (Å²) in [5.41, 5.74) is 6.52. The summed E-state index contributed by atoms with van der Waals surface area (Å²) in [6.07, 6.45) is 2.52. The molecule has 1 unspecified atom stereocenters. The van der Waals surface area contributed by atoms with Crippen molar-refractivity contribution in [3.63, 3.8) is 0 Å². The number of likely N-dealkylation sites (N-methyl/N-ethyl adjacent to an activating group) is 1. The summed E-state index contributed by atoms with van der Waals surface area (Å²) in [6.45, 7) is 1.27. The van der Waals surface area contributed by atoms with Crippen LogP contribution in [0.25, 0.3) is 0 Å². The van der Waals surface area contributed by atoms with E-state index in [1.54, 1.807) is 0 Å². The van der Waals surface area contributed by atoms with Gasteiger partial charge in [-0.15, -0.1) is 12.4 Å². The van der Waals surface area contributed by atoms with Crippen molar-refractivity contribution in [3.05, 3.63) is 34.1 Å². The number of nitrogens with two attached hydrogens (primary N) is 1. The molecule has 0 amide bonds. The molecule has 1 aromatic carbocycles. The van der Waals surface area contributed by atoms with E-state index in [-0.39, 0.29) is 18.2 Å². The molecule has 0 aliphatic heterocycles. The molecule has 18 heavy (non-hydrogen) atoms. The lowest BCUT2D eigenvalue weighted by atomic mass is 10.1. The van der Waals surface area contributed by atoms with Crippen LogP contribution in [0, 0.1) is 11.7 Å². The summed E-state index contributed by atoms with van der Waals surface area (Å²) in [5.74, 6) is 0.557. The van der Waals surface area contributed by atoms with Crippen molar-refractivity contribution in [2.24, 2.45) is 11.7 Å². The van der Waals surface area contributed by atoms with E-state index in [9.17, 15) is 4.39 Å². The van der Waals surface area contributed by atoms with Crippen LogP contribution in [0.2, 0.25) is 0 Å². The van der Waals surface area contributed by atoms with Crippen molar-refractivity contribution >= 4 is 28.3 Å². The van der Waals surface area contributed by atoms with E-state index in [1.165, 1.54) is 18.9 Å². The largest absolute Gasteiger partial charge is 0.329 e. The van der Waals surface area contributed by atoms with Gasteiger partial charge < -0.3 is 5.73 Å². The molecule has 1 saturated carbocycles. The van der Waals surface area contributed by atoms with Gasteiger partial charge in [-0.3, -0.25) is 4.90 Å². The van der Waals surface area contributed by atoms with E-state index in [4.69, 9.17) is 5.73 Å². The number of nitrogens with zero attached hydrogens (tertiary/aromatic N) is 1. The summed E-state index contributed by atoms with van der Waals surface area (Å²) in [6, 6.07) is 5.60. The minimum Gasteiger partial charge on any atom is -0.329 e. The van der Waals surface area contributed by atoms with E-state index in [2.05, 4.69) is 20.8 Å². The van der Waals surface area contributed by atoms with E-state index in [0.717, 1.165) is 10.0 Å².